The number of nitrogens with zero attached hydrogens (tertiary/aromatic N) is 1. The number of rotatable bonds is 5. The number of para-hydroxylation sites is 1. The van der Waals surface area contributed by atoms with Gasteiger partial charge in [0.1, 0.15) is 0 Å². The monoisotopic (exact) mass is 351 g/mol. The van der Waals surface area contributed by atoms with E-state index in [0.29, 0.717) is 27.8 Å². The molecule has 3 rings (SSSR count). The quantitative estimate of drug-likeness (QED) is 0.484. The van der Waals surface area contributed by atoms with Gasteiger partial charge in [-0.25, -0.2) is 5.48 Å². The zero-order valence-corrected chi connectivity index (χ0v) is 14.0. The molecule has 0 fully saturated rings. The number of ether oxygens (including phenoxy) is 1. The zero-order valence-electron chi connectivity index (χ0n) is 14.0. The number of amides is 2. The summed E-state index contributed by atoms with van der Waals surface area (Å²) >= 11 is 0. The Balaban J connectivity index is 1.80. The Hall–Kier alpha value is -3.45. The highest BCUT2D eigenvalue weighted by molar-refractivity contribution is 6.08. The average Bonchev–Trinajstić information content (AvgIpc) is 2.70. The molecule has 0 spiro atoms. The minimum Gasteiger partial charge on any atom is -0.494 e. The van der Waals surface area contributed by atoms with Gasteiger partial charge < -0.3 is 10.1 Å². The van der Waals surface area contributed by atoms with Gasteiger partial charge in [0.15, 0.2) is 5.75 Å². The van der Waals surface area contributed by atoms with Crippen LogP contribution in [0.3, 0.4) is 0 Å². The van der Waals surface area contributed by atoms with Crippen molar-refractivity contribution in [3.63, 3.8) is 0 Å². The van der Waals surface area contributed by atoms with Crippen LogP contribution in [-0.2, 0) is 6.54 Å². The van der Waals surface area contributed by atoms with Crippen molar-refractivity contribution in [3.8, 4) is 5.75 Å². The van der Waals surface area contributed by atoms with Gasteiger partial charge in [-0.3, -0.25) is 19.8 Å². The number of carbonyl (C=O) groups excluding carboxylic acids is 2. The van der Waals surface area contributed by atoms with Crippen molar-refractivity contribution in [3.05, 3.63) is 71.4 Å². The van der Waals surface area contributed by atoms with Gasteiger partial charge in [0.25, 0.3) is 11.8 Å². The molecule has 7 nitrogen and oxygen atoms in total. The number of pyridine rings is 1. The first-order chi connectivity index (χ1) is 12.6. The molecule has 2 amide bonds. The fraction of sp³-hybridized carbons (Fsp3) is 0.105. The second-order valence-corrected chi connectivity index (χ2v) is 5.54. The van der Waals surface area contributed by atoms with E-state index >= 15 is 0 Å². The molecule has 7 heteroatoms. The van der Waals surface area contributed by atoms with Crippen LogP contribution in [0.1, 0.15) is 26.3 Å². The third kappa shape index (κ3) is 3.47. The van der Waals surface area contributed by atoms with Crippen molar-refractivity contribution in [2.24, 2.45) is 0 Å². The van der Waals surface area contributed by atoms with Gasteiger partial charge in [0, 0.05) is 17.5 Å². The highest BCUT2D eigenvalue weighted by atomic mass is 16.5. The van der Waals surface area contributed by atoms with Crippen molar-refractivity contribution < 1.29 is 19.5 Å². The maximum absolute atomic E-state index is 12.7. The number of hydrogen-bond acceptors (Lipinski definition) is 5. The summed E-state index contributed by atoms with van der Waals surface area (Å²) in [6.45, 7) is 0.277. The number of nitrogens with one attached hydrogen (secondary N) is 2. The van der Waals surface area contributed by atoms with E-state index in [9.17, 15) is 9.59 Å². The highest BCUT2D eigenvalue weighted by Gasteiger charge is 2.17. The Morgan fingerprint density at radius 2 is 1.81 bits per heavy atom. The van der Waals surface area contributed by atoms with Crippen LogP contribution in [0.4, 0.5) is 0 Å². The second-order valence-electron chi connectivity index (χ2n) is 5.54. The van der Waals surface area contributed by atoms with Gasteiger partial charge in [-0.2, -0.15) is 0 Å². The van der Waals surface area contributed by atoms with Gasteiger partial charge in [-0.15, -0.1) is 0 Å². The topological polar surface area (TPSA) is 101 Å². The number of aromatic nitrogens is 1. The standard InChI is InChI=1S/C19H17N3O4/c1-26-16-11-20-15-5-3-2-4-14(15)17(16)19(24)21-10-12-6-8-13(9-7-12)18(23)22-25/h2-9,11,25H,10H2,1H3,(H,21,24)(H,22,23). The SMILES string of the molecule is COc1cnc2ccccc2c1C(=O)NCc1ccc(C(=O)NO)cc1. The Morgan fingerprint density at radius 1 is 1.08 bits per heavy atom. The van der Waals surface area contributed by atoms with E-state index in [-0.39, 0.29) is 12.5 Å². The third-order valence-electron chi connectivity index (χ3n) is 3.96. The minimum atomic E-state index is -0.589. The molecule has 2 aromatic carbocycles. The van der Waals surface area contributed by atoms with Crippen molar-refractivity contribution >= 4 is 22.7 Å². The highest BCUT2D eigenvalue weighted by Crippen LogP contribution is 2.25. The van der Waals surface area contributed by atoms with E-state index in [0.717, 1.165) is 5.56 Å². The van der Waals surface area contributed by atoms with Crippen LogP contribution in [0.5, 0.6) is 5.75 Å². The summed E-state index contributed by atoms with van der Waals surface area (Å²) in [7, 11) is 1.49. The maximum atomic E-state index is 12.7. The first-order valence-corrected chi connectivity index (χ1v) is 7.87. The molecule has 26 heavy (non-hydrogen) atoms. The second kappa shape index (κ2) is 7.62. The first-order valence-electron chi connectivity index (χ1n) is 7.87. The number of methoxy groups -OCH3 is 1. The molecule has 0 radical (unpaired) electrons. The normalized spacial score (nSPS) is 10.4. The predicted octanol–water partition coefficient (Wildman–Crippen LogP) is 2.29. The number of hydroxylamine groups is 1. The van der Waals surface area contributed by atoms with E-state index in [1.54, 1.807) is 29.7 Å². The minimum absolute atomic E-state index is 0.277. The van der Waals surface area contributed by atoms with Crippen LogP contribution in [0, 0.1) is 0 Å². The van der Waals surface area contributed by atoms with E-state index in [4.69, 9.17) is 9.94 Å². The summed E-state index contributed by atoms with van der Waals surface area (Å²) < 4.78 is 5.29. The molecular formula is C19H17N3O4. The van der Waals surface area contributed by atoms with Crippen LogP contribution in [0.2, 0.25) is 0 Å². The Bertz CT molecular complexity index is 955. The first kappa shape index (κ1) is 17.4. The van der Waals surface area contributed by atoms with Crippen molar-refractivity contribution in [2.45, 2.75) is 6.54 Å². The van der Waals surface area contributed by atoms with Gasteiger partial charge in [0.2, 0.25) is 0 Å². The summed E-state index contributed by atoms with van der Waals surface area (Å²) in [5.41, 5.74) is 3.84. The molecule has 132 valence electrons. The third-order valence-corrected chi connectivity index (χ3v) is 3.96. The summed E-state index contributed by atoms with van der Waals surface area (Å²) in [6, 6.07) is 13.9. The van der Waals surface area contributed by atoms with Crippen molar-refractivity contribution in [1.29, 1.82) is 0 Å². The summed E-state index contributed by atoms with van der Waals surface area (Å²) in [5.74, 6) is -0.470. The number of carbonyl (C=O) groups is 2. The number of fused-ring (bicyclic) bond motifs is 1. The van der Waals surface area contributed by atoms with Crippen LogP contribution in [0.15, 0.2) is 54.7 Å². The molecule has 3 N–H and O–H groups in total. The van der Waals surface area contributed by atoms with Crippen LogP contribution < -0.4 is 15.5 Å². The van der Waals surface area contributed by atoms with Crippen LogP contribution in [0.25, 0.3) is 10.9 Å². The molecule has 3 aromatic rings. The van der Waals surface area contributed by atoms with Gasteiger partial charge in [-0.05, 0) is 23.8 Å². The van der Waals surface area contributed by atoms with Gasteiger partial charge in [-0.1, -0.05) is 30.3 Å². The van der Waals surface area contributed by atoms with E-state index in [1.165, 1.54) is 13.3 Å². The Morgan fingerprint density at radius 3 is 2.50 bits per heavy atom. The molecule has 1 aromatic heterocycles. The average molecular weight is 351 g/mol. The lowest BCUT2D eigenvalue weighted by molar-refractivity contribution is 0.0706. The lowest BCUT2D eigenvalue weighted by atomic mass is 10.1. The predicted molar refractivity (Wildman–Crippen MR) is 95.2 cm³/mol. The lowest BCUT2D eigenvalue weighted by Crippen LogP contribution is -2.24. The number of benzene rings is 2. The molecule has 0 atom stereocenters. The number of hydrogen-bond donors (Lipinski definition) is 3. The molecule has 0 aliphatic rings. The largest absolute Gasteiger partial charge is 0.494 e. The summed E-state index contributed by atoms with van der Waals surface area (Å²) in [5, 5.41) is 12.2. The smallest absolute Gasteiger partial charge is 0.274 e. The molecule has 0 aliphatic carbocycles. The molecular weight excluding hydrogens is 334 g/mol. The zero-order chi connectivity index (χ0) is 18.5. The Kier molecular flexibility index (Phi) is 5.09. The fourth-order valence-corrected chi connectivity index (χ4v) is 2.62. The van der Waals surface area contributed by atoms with Gasteiger partial charge in [0.05, 0.1) is 24.4 Å². The summed E-state index contributed by atoms with van der Waals surface area (Å²) in [6.07, 6.45) is 1.53. The van der Waals surface area contributed by atoms with Gasteiger partial charge >= 0.3 is 0 Å². The van der Waals surface area contributed by atoms with E-state index in [1.807, 2.05) is 24.3 Å². The summed E-state index contributed by atoms with van der Waals surface area (Å²) in [4.78, 5) is 28.3. The van der Waals surface area contributed by atoms with Crippen LogP contribution in [-0.4, -0.2) is 29.1 Å². The molecule has 0 unspecified atom stereocenters. The molecule has 0 bridgehead atoms. The molecule has 0 aliphatic heterocycles. The molecule has 0 saturated carbocycles. The van der Waals surface area contributed by atoms with Crippen molar-refractivity contribution in [2.75, 3.05) is 7.11 Å². The van der Waals surface area contributed by atoms with E-state index in [2.05, 4.69) is 10.3 Å². The molecule has 1 heterocycles. The van der Waals surface area contributed by atoms with Crippen LogP contribution >= 0.6 is 0 Å². The lowest BCUT2D eigenvalue weighted by Gasteiger charge is -2.12. The van der Waals surface area contributed by atoms with Crippen molar-refractivity contribution in [1.82, 2.24) is 15.8 Å². The Labute approximate surface area is 149 Å². The van der Waals surface area contributed by atoms with E-state index < -0.39 is 5.91 Å². The fourth-order valence-electron chi connectivity index (χ4n) is 2.62. The maximum Gasteiger partial charge on any atom is 0.274 e. The molecule has 0 saturated heterocycles.